The number of halogens is 2. The maximum Gasteiger partial charge on any atom is 0.251 e. The smallest absolute Gasteiger partial charge is 0.251 e. The average molecular weight is 336 g/mol. The lowest BCUT2D eigenvalue weighted by Crippen LogP contribution is -2.36. The molecule has 1 amide bonds. The summed E-state index contributed by atoms with van der Waals surface area (Å²) in [6, 6.07) is 5.56. The molecule has 1 fully saturated rings. The van der Waals surface area contributed by atoms with Gasteiger partial charge in [0.15, 0.2) is 0 Å². The Balaban J connectivity index is 0.00000162. The van der Waals surface area contributed by atoms with Crippen LogP contribution in [0.2, 0.25) is 0 Å². The van der Waals surface area contributed by atoms with Crippen LogP contribution >= 0.6 is 28.3 Å². The van der Waals surface area contributed by atoms with E-state index in [0.29, 0.717) is 5.56 Å². The Morgan fingerprint density at radius 1 is 1.56 bits per heavy atom. The Hall–Kier alpha value is -0.780. The topological polar surface area (TPSA) is 50.4 Å². The molecule has 2 rings (SSSR count). The van der Waals surface area contributed by atoms with Crippen LogP contribution in [0.15, 0.2) is 22.7 Å². The zero-order valence-electron chi connectivity index (χ0n) is 10.0. The second-order valence-electron chi connectivity index (χ2n) is 4.01. The molecule has 1 aromatic carbocycles. The third-order valence-electron chi connectivity index (χ3n) is 2.81. The fraction of sp³-hybridized carbons (Fsp3) is 0.417. The fourth-order valence-corrected chi connectivity index (χ4v) is 2.39. The summed E-state index contributed by atoms with van der Waals surface area (Å²) in [6.45, 7) is 1.82. The van der Waals surface area contributed by atoms with Crippen molar-refractivity contribution < 1.29 is 9.53 Å². The van der Waals surface area contributed by atoms with E-state index in [-0.39, 0.29) is 24.4 Å². The van der Waals surface area contributed by atoms with Gasteiger partial charge in [0.1, 0.15) is 5.75 Å². The van der Waals surface area contributed by atoms with E-state index in [2.05, 4.69) is 26.6 Å². The summed E-state index contributed by atoms with van der Waals surface area (Å²) in [5, 5.41) is 6.21. The van der Waals surface area contributed by atoms with Crippen molar-refractivity contribution in [1.82, 2.24) is 10.6 Å². The fourth-order valence-electron chi connectivity index (χ4n) is 1.85. The number of hydrogen-bond acceptors (Lipinski definition) is 3. The van der Waals surface area contributed by atoms with E-state index < -0.39 is 0 Å². The lowest BCUT2D eigenvalue weighted by molar-refractivity contribution is 0.0940. The van der Waals surface area contributed by atoms with E-state index in [0.717, 1.165) is 29.7 Å². The van der Waals surface area contributed by atoms with Crippen LogP contribution in [0.4, 0.5) is 0 Å². The molecule has 0 bridgehead atoms. The van der Waals surface area contributed by atoms with Gasteiger partial charge < -0.3 is 15.4 Å². The second-order valence-corrected chi connectivity index (χ2v) is 4.87. The standard InChI is InChI=1S/C12H15BrN2O2.ClH/c1-17-11-3-2-8(6-10(11)13)12(16)15-9-4-5-14-7-9;/h2-3,6,9,14H,4-5,7H2,1H3,(H,15,16);1H. The molecule has 0 radical (unpaired) electrons. The van der Waals surface area contributed by atoms with Crippen LogP contribution in [0.25, 0.3) is 0 Å². The monoisotopic (exact) mass is 334 g/mol. The van der Waals surface area contributed by atoms with E-state index in [1.807, 2.05) is 0 Å². The molecule has 100 valence electrons. The van der Waals surface area contributed by atoms with Gasteiger partial charge in [-0.1, -0.05) is 0 Å². The zero-order chi connectivity index (χ0) is 12.3. The summed E-state index contributed by atoms with van der Waals surface area (Å²) >= 11 is 3.37. The van der Waals surface area contributed by atoms with Crippen LogP contribution in [-0.2, 0) is 0 Å². The molecular weight excluding hydrogens is 320 g/mol. The minimum Gasteiger partial charge on any atom is -0.496 e. The maximum absolute atomic E-state index is 12.0. The first-order valence-electron chi connectivity index (χ1n) is 5.56. The molecule has 1 heterocycles. The normalized spacial score (nSPS) is 18.0. The SMILES string of the molecule is COc1ccc(C(=O)NC2CCNC2)cc1Br.Cl. The van der Waals surface area contributed by atoms with Crippen molar-refractivity contribution in [3.8, 4) is 5.75 Å². The maximum atomic E-state index is 12.0. The van der Waals surface area contributed by atoms with Crippen molar-refractivity contribution in [2.75, 3.05) is 20.2 Å². The molecule has 1 aliphatic heterocycles. The van der Waals surface area contributed by atoms with Gasteiger partial charge in [-0.3, -0.25) is 4.79 Å². The predicted molar refractivity (Wildman–Crippen MR) is 76.7 cm³/mol. The van der Waals surface area contributed by atoms with Gasteiger partial charge in [-0.15, -0.1) is 12.4 Å². The number of amides is 1. The molecule has 0 spiro atoms. The van der Waals surface area contributed by atoms with E-state index in [9.17, 15) is 4.79 Å². The highest BCUT2D eigenvalue weighted by molar-refractivity contribution is 9.10. The van der Waals surface area contributed by atoms with Crippen LogP contribution in [0, 0.1) is 0 Å². The Labute approximate surface area is 121 Å². The van der Waals surface area contributed by atoms with Gasteiger partial charge in [-0.2, -0.15) is 0 Å². The van der Waals surface area contributed by atoms with Crippen molar-refractivity contribution in [1.29, 1.82) is 0 Å². The molecular formula is C12H16BrClN2O2. The van der Waals surface area contributed by atoms with Gasteiger partial charge in [0.05, 0.1) is 11.6 Å². The minimum absolute atomic E-state index is 0. The molecule has 1 atom stereocenters. The number of nitrogens with one attached hydrogen (secondary N) is 2. The van der Waals surface area contributed by atoms with Crippen LogP contribution < -0.4 is 15.4 Å². The van der Waals surface area contributed by atoms with Crippen molar-refractivity contribution >= 4 is 34.2 Å². The largest absolute Gasteiger partial charge is 0.496 e. The molecule has 1 aromatic rings. The first-order valence-corrected chi connectivity index (χ1v) is 6.35. The van der Waals surface area contributed by atoms with E-state index in [1.54, 1.807) is 25.3 Å². The summed E-state index contributed by atoms with van der Waals surface area (Å²) in [4.78, 5) is 12.0. The molecule has 0 aliphatic carbocycles. The van der Waals surface area contributed by atoms with Crippen molar-refractivity contribution in [3.05, 3.63) is 28.2 Å². The van der Waals surface area contributed by atoms with E-state index in [1.165, 1.54) is 0 Å². The number of hydrogen-bond donors (Lipinski definition) is 2. The molecule has 1 aliphatic rings. The zero-order valence-corrected chi connectivity index (χ0v) is 12.4. The summed E-state index contributed by atoms with van der Waals surface area (Å²) < 4.78 is 5.91. The lowest BCUT2D eigenvalue weighted by atomic mass is 10.2. The van der Waals surface area contributed by atoms with Crippen molar-refractivity contribution in [3.63, 3.8) is 0 Å². The highest BCUT2D eigenvalue weighted by Crippen LogP contribution is 2.25. The number of carbonyl (C=O) groups excluding carboxylic acids is 1. The molecule has 0 saturated carbocycles. The highest BCUT2D eigenvalue weighted by atomic mass is 79.9. The Morgan fingerprint density at radius 3 is 2.89 bits per heavy atom. The number of ether oxygens (including phenoxy) is 1. The number of methoxy groups -OCH3 is 1. The second kappa shape index (κ2) is 6.97. The first-order chi connectivity index (χ1) is 8.20. The number of benzene rings is 1. The van der Waals surface area contributed by atoms with E-state index >= 15 is 0 Å². The molecule has 6 heteroatoms. The van der Waals surface area contributed by atoms with Crippen LogP contribution in [0.1, 0.15) is 16.8 Å². The van der Waals surface area contributed by atoms with Crippen molar-refractivity contribution in [2.24, 2.45) is 0 Å². The Morgan fingerprint density at radius 2 is 2.33 bits per heavy atom. The molecule has 0 aromatic heterocycles. The van der Waals surface area contributed by atoms with E-state index in [4.69, 9.17) is 4.74 Å². The van der Waals surface area contributed by atoms with Crippen LogP contribution in [-0.4, -0.2) is 32.1 Å². The first kappa shape index (κ1) is 15.3. The molecule has 1 unspecified atom stereocenters. The quantitative estimate of drug-likeness (QED) is 0.888. The van der Waals surface area contributed by atoms with Crippen LogP contribution in [0.3, 0.4) is 0 Å². The van der Waals surface area contributed by atoms with Gasteiger partial charge in [0.25, 0.3) is 5.91 Å². The average Bonchev–Trinajstić information content (AvgIpc) is 2.81. The van der Waals surface area contributed by atoms with Gasteiger partial charge in [-0.05, 0) is 47.1 Å². The number of rotatable bonds is 3. The molecule has 4 nitrogen and oxygen atoms in total. The Bertz CT molecular complexity index is 423. The lowest BCUT2D eigenvalue weighted by Gasteiger charge is -2.12. The van der Waals surface area contributed by atoms with Gasteiger partial charge in [0, 0.05) is 18.2 Å². The third-order valence-corrected chi connectivity index (χ3v) is 3.43. The van der Waals surface area contributed by atoms with Gasteiger partial charge in [0.2, 0.25) is 0 Å². The summed E-state index contributed by atoms with van der Waals surface area (Å²) in [5.41, 5.74) is 0.643. The molecule has 18 heavy (non-hydrogen) atoms. The molecule has 1 saturated heterocycles. The summed E-state index contributed by atoms with van der Waals surface area (Å²) in [5.74, 6) is 0.686. The highest BCUT2D eigenvalue weighted by Gasteiger charge is 2.17. The number of carbonyl (C=O) groups is 1. The predicted octanol–water partition coefficient (Wildman–Crippen LogP) is 1.97. The summed E-state index contributed by atoms with van der Waals surface area (Å²) in [6.07, 6.45) is 0.989. The van der Waals surface area contributed by atoms with Gasteiger partial charge >= 0.3 is 0 Å². The van der Waals surface area contributed by atoms with Crippen molar-refractivity contribution in [2.45, 2.75) is 12.5 Å². The van der Waals surface area contributed by atoms with Crippen LogP contribution in [0.5, 0.6) is 5.75 Å². The third kappa shape index (κ3) is 3.60. The minimum atomic E-state index is -0.0398. The van der Waals surface area contributed by atoms with Gasteiger partial charge in [-0.25, -0.2) is 0 Å². The molecule has 2 N–H and O–H groups in total. The Kier molecular flexibility index (Phi) is 5.91. The summed E-state index contributed by atoms with van der Waals surface area (Å²) in [7, 11) is 1.60.